The van der Waals surface area contributed by atoms with E-state index in [2.05, 4.69) is 19.9 Å². The summed E-state index contributed by atoms with van der Waals surface area (Å²) in [6.45, 7) is 1.99. The molecular formula is C12H15N5OS. The topological polar surface area (TPSA) is 71.0 Å². The third-order valence-electron chi connectivity index (χ3n) is 2.80. The molecule has 0 aliphatic heterocycles. The summed E-state index contributed by atoms with van der Waals surface area (Å²) in [6, 6.07) is 5.65. The molecule has 0 spiro atoms. The zero-order chi connectivity index (χ0) is 13.7. The highest BCUT2D eigenvalue weighted by atomic mass is 32.1. The minimum atomic E-state index is -0.172. The SMILES string of the molecule is C[C@@H](Cc1ccccn1)N(C)C(=O)Nc1cnns1. The molecule has 0 aromatic carbocycles. The molecular weight excluding hydrogens is 262 g/mol. The molecule has 0 aliphatic carbocycles. The summed E-state index contributed by atoms with van der Waals surface area (Å²) >= 11 is 1.15. The van der Waals surface area contributed by atoms with Crippen molar-refractivity contribution in [3.63, 3.8) is 0 Å². The molecule has 0 saturated heterocycles. The lowest BCUT2D eigenvalue weighted by atomic mass is 10.1. The van der Waals surface area contributed by atoms with Crippen molar-refractivity contribution < 1.29 is 4.79 Å². The fourth-order valence-electron chi connectivity index (χ4n) is 1.57. The molecule has 100 valence electrons. The molecule has 0 fully saturated rings. The van der Waals surface area contributed by atoms with Gasteiger partial charge in [0.2, 0.25) is 0 Å². The van der Waals surface area contributed by atoms with E-state index in [0.29, 0.717) is 11.4 Å². The molecule has 19 heavy (non-hydrogen) atoms. The number of nitrogens with zero attached hydrogens (tertiary/aromatic N) is 4. The molecule has 2 amide bonds. The minimum Gasteiger partial charge on any atom is -0.324 e. The van der Waals surface area contributed by atoms with Crippen LogP contribution in [0.4, 0.5) is 9.80 Å². The second kappa shape index (κ2) is 6.24. The van der Waals surface area contributed by atoms with Crippen LogP contribution in [-0.4, -0.2) is 38.6 Å². The molecule has 0 saturated carbocycles. The van der Waals surface area contributed by atoms with Gasteiger partial charge >= 0.3 is 6.03 Å². The summed E-state index contributed by atoms with van der Waals surface area (Å²) in [7, 11) is 1.76. The molecule has 1 atom stereocenters. The number of hydrogen-bond donors (Lipinski definition) is 1. The van der Waals surface area contributed by atoms with E-state index in [1.54, 1.807) is 18.1 Å². The maximum Gasteiger partial charge on any atom is 0.322 e. The molecule has 0 aliphatic rings. The van der Waals surface area contributed by atoms with Gasteiger partial charge in [0.15, 0.2) is 0 Å². The Labute approximate surface area is 115 Å². The zero-order valence-electron chi connectivity index (χ0n) is 10.8. The van der Waals surface area contributed by atoms with Gasteiger partial charge in [-0.1, -0.05) is 10.6 Å². The van der Waals surface area contributed by atoms with Crippen LogP contribution in [0.5, 0.6) is 0 Å². The number of pyridine rings is 1. The highest BCUT2D eigenvalue weighted by Gasteiger charge is 2.17. The number of hydrogen-bond acceptors (Lipinski definition) is 5. The van der Waals surface area contributed by atoms with E-state index in [1.165, 1.54) is 6.20 Å². The molecule has 2 aromatic heterocycles. The van der Waals surface area contributed by atoms with Crippen LogP contribution in [0.25, 0.3) is 0 Å². The van der Waals surface area contributed by atoms with Gasteiger partial charge in [0.05, 0.1) is 6.20 Å². The van der Waals surface area contributed by atoms with Crippen LogP contribution >= 0.6 is 11.5 Å². The van der Waals surface area contributed by atoms with Gasteiger partial charge < -0.3 is 4.90 Å². The summed E-state index contributed by atoms with van der Waals surface area (Å²) in [6.07, 6.45) is 4.00. The van der Waals surface area contributed by atoms with Gasteiger partial charge in [0, 0.05) is 42.9 Å². The number of carbonyl (C=O) groups excluding carboxylic acids is 1. The maximum atomic E-state index is 12.0. The average molecular weight is 277 g/mol. The molecule has 7 heteroatoms. The predicted octanol–water partition coefficient (Wildman–Crippen LogP) is 2.03. The van der Waals surface area contributed by atoms with Gasteiger partial charge in [-0.2, -0.15) is 0 Å². The highest BCUT2D eigenvalue weighted by Crippen LogP contribution is 2.12. The summed E-state index contributed by atoms with van der Waals surface area (Å²) in [5.41, 5.74) is 0.967. The summed E-state index contributed by atoms with van der Waals surface area (Å²) < 4.78 is 3.70. The Kier molecular flexibility index (Phi) is 4.40. The first-order valence-corrected chi connectivity index (χ1v) is 6.65. The molecule has 0 bridgehead atoms. The van der Waals surface area contributed by atoms with Crippen LogP contribution in [-0.2, 0) is 6.42 Å². The lowest BCUT2D eigenvalue weighted by molar-refractivity contribution is 0.207. The van der Waals surface area contributed by atoms with Crippen molar-refractivity contribution in [1.29, 1.82) is 0 Å². The second-order valence-electron chi connectivity index (χ2n) is 4.20. The largest absolute Gasteiger partial charge is 0.324 e. The number of nitrogens with one attached hydrogen (secondary N) is 1. The van der Waals surface area contributed by atoms with Crippen LogP contribution in [0.1, 0.15) is 12.6 Å². The van der Waals surface area contributed by atoms with Crippen LogP contribution in [0.2, 0.25) is 0 Å². The van der Waals surface area contributed by atoms with Gasteiger partial charge in [-0.3, -0.25) is 10.3 Å². The number of rotatable bonds is 4. The summed E-state index contributed by atoms with van der Waals surface area (Å²) in [5.74, 6) is 0. The number of aromatic nitrogens is 3. The molecule has 2 aromatic rings. The van der Waals surface area contributed by atoms with Crippen LogP contribution in [0.3, 0.4) is 0 Å². The average Bonchev–Trinajstić information content (AvgIpc) is 2.91. The van der Waals surface area contributed by atoms with Crippen LogP contribution in [0.15, 0.2) is 30.6 Å². The fourth-order valence-corrected chi connectivity index (χ4v) is 1.98. The predicted molar refractivity (Wildman–Crippen MR) is 74.1 cm³/mol. The van der Waals surface area contributed by atoms with E-state index in [1.807, 2.05) is 25.1 Å². The van der Waals surface area contributed by atoms with E-state index in [0.717, 1.165) is 17.2 Å². The minimum absolute atomic E-state index is 0.0516. The Morgan fingerprint density at radius 1 is 1.53 bits per heavy atom. The highest BCUT2D eigenvalue weighted by molar-refractivity contribution is 7.10. The van der Waals surface area contributed by atoms with Crippen molar-refractivity contribution in [1.82, 2.24) is 19.5 Å². The smallest absolute Gasteiger partial charge is 0.322 e. The molecule has 0 unspecified atom stereocenters. The van der Waals surface area contributed by atoms with Gasteiger partial charge in [-0.15, -0.1) is 5.10 Å². The molecule has 2 rings (SSSR count). The second-order valence-corrected chi connectivity index (χ2v) is 4.98. The third kappa shape index (κ3) is 3.72. The Balaban J connectivity index is 1.91. The Morgan fingerprint density at radius 3 is 3.00 bits per heavy atom. The van der Waals surface area contributed by atoms with Crippen molar-refractivity contribution in [3.05, 3.63) is 36.3 Å². The first kappa shape index (κ1) is 13.4. The van der Waals surface area contributed by atoms with E-state index < -0.39 is 0 Å². The number of anilines is 1. The van der Waals surface area contributed by atoms with Crippen molar-refractivity contribution in [2.45, 2.75) is 19.4 Å². The van der Waals surface area contributed by atoms with Crippen LogP contribution < -0.4 is 5.32 Å². The van der Waals surface area contributed by atoms with E-state index in [-0.39, 0.29) is 12.1 Å². The molecule has 2 heterocycles. The lowest BCUT2D eigenvalue weighted by Gasteiger charge is -2.24. The molecule has 1 N–H and O–H groups in total. The van der Waals surface area contributed by atoms with E-state index in [9.17, 15) is 4.79 Å². The first-order chi connectivity index (χ1) is 9.16. The van der Waals surface area contributed by atoms with Crippen molar-refractivity contribution in [2.24, 2.45) is 0 Å². The van der Waals surface area contributed by atoms with Gasteiger partial charge in [-0.25, -0.2) is 4.79 Å². The van der Waals surface area contributed by atoms with Crippen LogP contribution in [0, 0.1) is 0 Å². The first-order valence-electron chi connectivity index (χ1n) is 5.88. The summed E-state index contributed by atoms with van der Waals surface area (Å²) in [5, 5.41) is 7.06. The maximum absolute atomic E-state index is 12.0. The normalized spacial score (nSPS) is 11.9. The molecule has 0 radical (unpaired) electrons. The van der Waals surface area contributed by atoms with Gasteiger partial charge in [0.1, 0.15) is 5.00 Å². The lowest BCUT2D eigenvalue weighted by Crippen LogP contribution is -2.39. The Hall–Kier alpha value is -2.02. The third-order valence-corrected chi connectivity index (χ3v) is 3.38. The fraction of sp³-hybridized carbons (Fsp3) is 0.333. The van der Waals surface area contributed by atoms with E-state index >= 15 is 0 Å². The van der Waals surface area contributed by atoms with Gasteiger partial charge in [0.25, 0.3) is 0 Å². The number of amides is 2. The van der Waals surface area contributed by atoms with Crippen molar-refractivity contribution in [2.75, 3.05) is 12.4 Å². The number of carbonyl (C=O) groups is 1. The Morgan fingerprint density at radius 2 is 2.37 bits per heavy atom. The summed E-state index contributed by atoms with van der Waals surface area (Å²) in [4.78, 5) is 17.9. The molecule has 6 nitrogen and oxygen atoms in total. The quantitative estimate of drug-likeness (QED) is 0.928. The van der Waals surface area contributed by atoms with Crippen molar-refractivity contribution in [3.8, 4) is 0 Å². The zero-order valence-corrected chi connectivity index (χ0v) is 11.6. The van der Waals surface area contributed by atoms with Crippen molar-refractivity contribution >= 4 is 22.6 Å². The number of likely N-dealkylation sites (N-methyl/N-ethyl adjacent to an activating group) is 1. The Bertz CT molecular complexity index is 516. The standard InChI is InChI=1S/C12H15N5OS/c1-9(7-10-5-3-4-6-13-10)17(2)12(18)15-11-8-14-16-19-11/h3-6,8-9H,7H2,1-2H3,(H,15,18)/t9-/m0/s1. The number of urea groups is 1. The monoisotopic (exact) mass is 277 g/mol. The van der Waals surface area contributed by atoms with E-state index in [4.69, 9.17) is 0 Å². The van der Waals surface area contributed by atoms with Gasteiger partial charge in [-0.05, 0) is 19.1 Å².